The van der Waals surface area contributed by atoms with Crippen LogP contribution in [-0.2, 0) is 13.6 Å². The van der Waals surface area contributed by atoms with Gasteiger partial charge in [-0.15, -0.1) is 0 Å². The molecule has 1 amide bonds. The molecule has 0 unspecified atom stereocenters. The number of imidazole rings is 1. The summed E-state index contributed by atoms with van der Waals surface area (Å²) in [5, 5.41) is 4.16. The van der Waals surface area contributed by atoms with E-state index in [4.69, 9.17) is 0 Å². The SMILES string of the molecule is Cc1c(C(=O)N2CCC[C@@H]2Cn2ccnc2)cnn1C. The molecule has 1 atom stereocenters. The highest BCUT2D eigenvalue weighted by atomic mass is 16.2. The second-order valence-electron chi connectivity index (χ2n) is 5.32. The molecule has 2 aromatic rings. The average Bonchev–Trinajstić information content (AvgIpc) is 3.14. The number of carbonyl (C=O) groups excluding carboxylic acids is 1. The maximum absolute atomic E-state index is 12.7. The predicted octanol–water partition coefficient (Wildman–Crippen LogP) is 1.23. The Kier molecular flexibility index (Phi) is 3.30. The Morgan fingerprint density at radius 3 is 3.00 bits per heavy atom. The van der Waals surface area contributed by atoms with Crippen LogP contribution in [0.25, 0.3) is 0 Å². The van der Waals surface area contributed by atoms with E-state index in [9.17, 15) is 4.79 Å². The normalized spacial score (nSPS) is 18.7. The summed E-state index contributed by atoms with van der Waals surface area (Å²) in [5.74, 6) is 0.0956. The minimum absolute atomic E-state index is 0.0956. The van der Waals surface area contributed by atoms with Crippen LogP contribution in [0.15, 0.2) is 24.9 Å². The zero-order chi connectivity index (χ0) is 14.1. The second-order valence-corrected chi connectivity index (χ2v) is 5.32. The van der Waals surface area contributed by atoms with E-state index in [-0.39, 0.29) is 11.9 Å². The molecule has 3 heterocycles. The third-order valence-corrected chi connectivity index (χ3v) is 4.08. The number of likely N-dealkylation sites (tertiary alicyclic amines) is 1. The van der Waals surface area contributed by atoms with E-state index < -0.39 is 0 Å². The van der Waals surface area contributed by atoms with Gasteiger partial charge in [-0.1, -0.05) is 0 Å². The predicted molar refractivity (Wildman–Crippen MR) is 74.2 cm³/mol. The molecule has 2 aromatic heterocycles. The van der Waals surface area contributed by atoms with Crippen molar-refractivity contribution in [1.82, 2.24) is 24.2 Å². The molecule has 3 rings (SSSR count). The maximum atomic E-state index is 12.7. The van der Waals surface area contributed by atoms with Crippen molar-refractivity contribution in [1.29, 1.82) is 0 Å². The largest absolute Gasteiger partial charge is 0.335 e. The van der Waals surface area contributed by atoms with Gasteiger partial charge in [0.25, 0.3) is 5.91 Å². The van der Waals surface area contributed by atoms with Gasteiger partial charge in [0.2, 0.25) is 0 Å². The van der Waals surface area contributed by atoms with Crippen molar-refractivity contribution in [3.63, 3.8) is 0 Å². The van der Waals surface area contributed by atoms with Gasteiger partial charge in [-0.3, -0.25) is 9.48 Å². The van der Waals surface area contributed by atoms with Gasteiger partial charge < -0.3 is 9.47 Å². The van der Waals surface area contributed by atoms with Crippen LogP contribution in [0.3, 0.4) is 0 Å². The molecule has 1 saturated heterocycles. The molecule has 0 spiro atoms. The Morgan fingerprint density at radius 2 is 2.35 bits per heavy atom. The van der Waals surface area contributed by atoms with Gasteiger partial charge in [0.15, 0.2) is 0 Å². The monoisotopic (exact) mass is 273 g/mol. The lowest BCUT2D eigenvalue weighted by molar-refractivity contribution is 0.0723. The van der Waals surface area contributed by atoms with Gasteiger partial charge in [-0.2, -0.15) is 5.10 Å². The van der Waals surface area contributed by atoms with Crippen LogP contribution in [0, 0.1) is 6.92 Å². The lowest BCUT2D eigenvalue weighted by Gasteiger charge is -2.24. The number of carbonyl (C=O) groups is 1. The first kappa shape index (κ1) is 12.9. The van der Waals surface area contributed by atoms with Crippen molar-refractivity contribution in [2.45, 2.75) is 32.4 Å². The molecule has 0 N–H and O–H groups in total. The molecule has 1 aliphatic heterocycles. The summed E-state index contributed by atoms with van der Waals surface area (Å²) >= 11 is 0. The summed E-state index contributed by atoms with van der Waals surface area (Å²) in [5.41, 5.74) is 1.63. The first-order valence-electron chi connectivity index (χ1n) is 6.92. The fourth-order valence-corrected chi connectivity index (χ4v) is 2.79. The van der Waals surface area contributed by atoms with Crippen molar-refractivity contribution in [3.8, 4) is 0 Å². The van der Waals surface area contributed by atoms with E-state index in [1.807, 2.05) is 29.6 Å². The Hall–Kier alpha value is -2.11. The first-order chi connectivity index (χ1) is 9.66. The minimum Gasteiger partial charge on any atom is -0.335 e. The van der Waals surface area contributed by atoms with Gasteiger partial charge in [-0.25, -0.2) is 4.98 Å². The summed E-state index contributed by atoms with van der Waals surface area (Å²) in [6, 6.07) is 0.247. The zero-order valence-electron chi connectivity index (χ0n) is 11.9. The minimum atomic E-state index is 0.0956. The molecular formula is C14H19N5O. The van der Waals surface area contributed by atoms with Gasteiger partial charge in [-0.05, 0) is 19.8 Å². The summed E-state index contributed by atoms with van der Waals surface area (Å²) in [6.07, 6.45) is 9.29. The third kappa shape index (κ3) is 2.21. The van der Waals surface area contributed by atoms with Crippen molar-refractivity contribution in [2.75, 3.05) is 6.54 Å². The van der Waals surface area contributed by atoms with Crippen molar-refractivity contribution in [2.24, 2.45) is 7.05 Å². The molecule has 106 valence electrons. The lowest BCUT2D eigenvalue weighted by atomic mass is 10.2. The molecule has 6 nitrogen and oxygen atoms in total. The molecule has 0 saturated carbocycles. The van der Waals surface area contributed by atoms with Gasteiger partial charge in [0, 0.05) is 44.3 Å². The Balaban J connectivity index is 1.78. The van der Waals surface area contributed by atoms with Crippen molar-refractivity contribution in [3.05, 3.63) is 36.2 Å². The highest BCUT2D eigenvalue weighted by Gasteiger charge is 2.31. The van der Waals surface area contributed by atoms with Crippen LogP contribution in [0.5, 0.6) is 0 Å². The van der Waals surface area contributed by atoms with Crippen LogP contribution >= 0.6 is 0 Å². The smallest absolute Gasteiger partial charge is 0.257 e. The molecule has 0 radical (unpaired) electrons. The molecule has 0 aliphatic carbocycles. The molecule has 20 heavy (non-hydrogen) atoms. The molecule has 0 bridgehead atoms. The Bertz CT molecular complexity index is 601. The molecular weight excluding hydrogens is 254 g/mol. The van der Waals surface area contributed by atoms with E-state index in [0.29, 0.717) is 5.56 Å². The van der Waals surface area contributed by atoms with E-state index in [1.54, 1.807) is 23.4 Å². The number of hydrogen-bond donors (Lipinski definition) is 0. The first-order valence-corrected chi connectivity index (χ1v) is 6.92. The topological polar surface area (TPSA) is 56.0 Å². The fourth-order valence-electron chi connectivity index (χ4n) is 2.79. The van der Waals surface area contributed by atoms with E-state index in [1.165, 1.54) is 0 Å². The second kappa shape index (κ2) is 5.11. The van der Waals surface area contributed by atoms with Crippen LogP contribution in [-0.4, -0.2) is 42.7 Å². The summed E-state index contributed by atoms with van der Waals surface area (Å²) in [6.45, 7) is 3.57. The highest BCUT2D eigenvalue weighted by molar-refractivity contribution is 5.95. The molecule has 1 aliphatic rings. The fraction of sp³-hybridized carbons (Fsp3) is 0.500. The third-order valence-electron chi connectivity index (χ3n) is 4.08. The van der Waals surface area contributed by atoms with Crippen LogP contribution in [0.4, 0.5) is 0 Å². The number of hydrogen-bond acceptors (Lipinski definition) is 3. The summed E-state index contributed by atoms with van der Waals surface area (Å²) < 4.78 is 3.78. The maximum Gasteiger partial charge on any atom is 0.257 e. The van der Waals surface area contributed by atoms with Gasteiger partial charge in [0.05, 0.1) is 18.1 Å². The van der Waals surface area contributed by atoms with Gasteiger partial charge in [0.1, 0.15) is 0 Å². The van der Waals surface area contributed by atoms with E-state index in [2.05, 4.69) is 10.1 Å². The Labute approximate surface area is 118 Å². The van der Waals surface area contributed by atoms with Crippen LogP contribution < -0.4 is 0 Å². The number of nitrogens with zero attached hydrogens (tertiary/aromatic N) is 5. The summed E-state index contributed by atoms with van der Waals surface area (Å²) in [7, 11) is 1.86. The number of aromatic nitrogens is 4. The Morgan fingerprint density at radius 1 is 1.50 bits per heavy atom. The molecule has 0 aromatic carbocycles. The van der Waals surface area contributed by atoms with Crippen molar-refractivity contribution >= 4 is 5.91 Å². The molecule has 1 fully saturated rings. The van der Waals surface area contributed by atoms with Crippen LogP contribution in [0.2, 0.25) is 0 Å². The zero-order valence-corrected chi connectivity index (χ0v) is 11.9. The lowest BCUT2D eigenvalue weighted by Crippen LogP contribution is -2.38. The van der Waals surface area contributed by atoms with Gasteiger partial charge >= 0.3 is 0 Å². The summed E-state index contributed by atoms with van der Waals surface area (Å²) in [4.78, 5) is 18.7. The standard InChI is InChI=1S/C14H19N5O/c1-11-13(8-16-17(11)2)14(20)19-6-3-4-12(19)9-18-7-5-15-10-18/h5,7-8,10,12H,3-4,6,9H2,1-2H3/t12-/m1/s1. The van der Waals surface area contributed by atoms with E-state index >= 15 is 0 Å². The number of rotatable bonds is 3. The number of amides is 1. The van der Waals surface area contributed by atoms with Crippen LogP contribution in [0.1, 0.15) is 28.9 Å². The quantitative estimate of drug-likeness (QED) is 0.845. The highest BCUT2D eigenvalue weighted by Crippen LogP contribution is 2.22. The average molecular weight is 273 g/mol. The van der Waals surface area contributed by atoms with Crippen molar-refractivity contribution < 1.29 is 4.79 Å². The van der Waals surface area contributed by atoms with E-state index in [0.717, 1.165) is 31.6 Å². The number of aryl methyl sites for hydroxylation is 1. The molecule has 6 heteroatoms.